The zero-order valence-corrected chi connectivity index (χ0v) is 18.2. The molecule has 0 unspecified atom stereocenters. The van der Waals surface area contributed by atoms with Gasteiger partial charge in [0.1, 0.15) is 17.3 Å². The molecule has 1 N–H and O–H groups in total. The van der Waals surface area contributed by atoms with Crippen molar-refractivity contribution in [1.82, 2.24) is 9.88 Å². The molecule has 1 aliphatic heterocycles. The quantitative estimate of drug-likeness (QED) is 0.506. The fourth-order valence-corrected chi connectivity index (χ4v) is 4.70. The molecule has 0 saturated carbocycles. The molecule has 3 aromatic rings. The first kappa shape index (κ1) is 21.0. The maximum absolute atomic E-state index is 15.4. The zero-order chi connectivity index (χ0) is 21.8. The van der Waals surface area contributed by atoms with Crippen LogP contribution in [0.5, 0.6) is 0 Å². The van der Waals surface area contributed by atoms with Crippen molar-refractivity contribution in [2.45, 2.75) is 64.7 Å². The molecule has 5 heteroatoms. The maximum Gasteiger partial charge on any atom is 0.131 e. The van der Waals surface area contributed by atoms with Gasteiger partial charge in [0.15, 0.2) is 0 Å². The third kappa shape index (κ3) is 3.64. The number of fused-ring (bicyclic) bond motifs is 3. The zero-order valence-electron chi connectivity index (χ0n) is 18.2. The summed E-state index contributed by atoms with van der Waals surface area (Å²) in [7, 11) is 0. The summed E-state index contributed by atoms with van der Waals surface area (Å²) >= 11 is 0. The number of H-pyrrole nitrogens is 1. The van der Waals surface area contributed by atoms with Crippen molar-refractivity contribution in [3.05, 3.63) is 70.4 Å². The largest absolute Gasteiger partial charge is 0.357 e. The standard InChI is InChI=1S/C25H29F3N2/c1-14(2)16-11-19(26)22(20(27)12-16)24-23-18(17-8-6-7-9-21(17)29-23)10-15(3)30(24)13-25(4,5)28/h6-9,11-12,14-15,24,29H,10,13H2,1-5H3/t15-,24-/m1/s1. The summed E-state index contributed by atoms with van der Waals surface area (Å²) in [6.07, 6.45) is 0.694. The Kier molecular flexibility index (Phi) is 5.21. The SMILES string of the molecule is CC(C)c1cc(F)c([C@@H]2c3[nH]c4ccccc4c3C[C@@H](C)N2CC(C)(C)F)c(F)c1. The number of benzene rings is 2. The monoisotopic (exact) mass is 414 g/mol. The summed E-state index contributed by atoms with van der Waals surface area (Å²) in [6, 6.07) is 9.95. The Morgan fingerprint density at radius 3 is 2.37 bits per heavy atom. The number of alkyl halides is 1. The third-order valence-corrected chi connectivity index (χ3v) is 6.12. The predicted molar refractivity (Wildman–Crippen MR) is 116 cm³/mol. The predicted octanol–water partition coefficient (Wildman–Crippen LogP) is 6.65. The fourth-order valence-electron chi connectivity index (χ4n) is 4.70. The molecular formula is C25H29F3N2. The van der Waals surface area contributed by atoms with E-state index in [1.165, 1.54) is 26.0 Å². The van der Waals surface area contributed by atoms with Crippen molar-refractivity contribution in [1.29, 1.82) is 0 Å². The van der Waals surface area contributed by atoms with Gasteiger partial charge in [0.2, 0.25) is 0 Å². The van der Waals surface area contributed by atoms with Gasteiger partial charge < -0.3 is 4.98 Å². The van der Waals surface area contributed by atoms with E-state index >= 15 is 8.78 Å². The Labute approximate surface area is 176 Å². The number of para-hydroxylation sites is 1. The van der Waals surface area contributed by atoms with Crippen LogP contribution in [-0.4, -0.2) is 28.1 Å². The third-order valence-electron chi connectivity index (χ3n) is 6.12. The Balaban J connectivity index is 1.96. The van der Waals surface area contributed by atoms with Gasteiger partial charge in [0.05, 0.1) is 6.04 Å². The Morgan fingerprint density at radius 2 is 1.77 bits per heavy atom. The molecule has 0 spiro atoms. The summed E-state index contributed by atoms with van der Waals surface area (Å²) < 4.78 is 45.5. The van der Waals surface area contributed by atoms with Gasteiger partial charge in [-0.2, -0.15) is 0 Å². The molecule has 2 nitrogen and oxygen atoms in total. The minimum Gasteiger partial charge on any atom is -0.357 e. The molecule has 0 saturated heterocycles. The lowest BCUT2D eigenvalue weighted by Gasteiger charge is -2.43. The van der Waals surface area contributed by atoms with Crippen LogP contribution >= 0.6 is 0 Å². The molecule has 0 aliphatic carbocycles. The van der Waals surface area contributed by atoms with Crippen LogP contribution in [0.15, 0.2) is 36.4 Å². The minimum atomic E-state index is -1.50. The molecule has 1 aromatic heterocycles. The van der Waals surface area contributed by atoms with Gasteiger partial charge in [-0.25, -0.2) is 13.2 Å². The first-order valence-electron chi connectivity index (χ1n) is 10.6. The van der Waals surface area contributed by atoms with Crippen LogP contribution in [0.4, 0.5) is 13.2 Å². The molecule has 1 aliphatic rings. The summed E-state index contributed by atoms with van der Waals surface area (Å²) in [6.45, 7) is 8.91. The summed E-state index contributed by atoms with van der Waals surface area (Å²) in [5.41, 5.74) is 1.85. The van der Waals surface area contributed by atoms with Gasteiger partial charge in [0.25, 0.3) is 0 Å². The molecule has 0 amide bonds. The lowest BCUT2D eigenvalue weighted by Crippen LogP contribution is -2.48. The van der Waals surface area contributed by atoms with E-state index in [0.29, 0.717) is 12.0 Å². The molecule has 0 radical (unpaired) electrons. The van der Waals surface area contributed by atoms with Crippen molar-refractivity contribution in [2.75, 3.05) is 6.54 Å². The molecule has 2 heterocycles. The lowest BCUT2D eigenvalue weighted by atomic mass is 9.86. The van der Waals surface area contributed by atoms with E-state index in [0.717, 1.165) is 22.2 Å². The number of aromatic nitrogens is 1. The highest BCUT2D eigenvalue weighted by molar-refractivity contribution is 5.85. The second-order valence-corrected chi connectivity index (χ2v) is 9.46. The van der Waals surface area contributed by atoms with E-state index < -0.39 is 23.3 Å². The lowest BCUT2D eigenvalue weighted by molar-refractivity contribution is 0.0642. The van der Waals surface area contributed by atoms with E-state index in [4.69, 9.17) is 0 Å². The van der Waals surface area contributed by atoms with Crippen LogP contribution in [0.2, 0.25) is 0 Å². The Hall–Kier alpha value is -2.27. The molecule has 2 atom stereocenters. The first-order valence-corrected chi connectivity index (χ1v) is 10.6. The first-order chi connectivity index (χ1) is 14.1. The number of nitrogens with one attached hydrogen (secondary N) is 1. The minimum absolute atomic E-state index is 0.0111. The Bertz CT molecular complexity index is 1050. The van der Waals surface area contributed by atoms with E-state index in [2.05, 4.69) is 4.98 Å². The van der Waals surface area contributed by atoms with E-state index in [9.17, 15) is 4.39 Å². The number of hydrogen-bond acceptors (Lipinski definition) is 1. The number of halogens is 3. The number of aromatic amines is 1. The fraction of sp³-hybridized carbons (Fsp3) is 0.440. The number of hydrogen-bond donors (Lipinski definition) is 1. The van der Waals surface area contributed by atoms with Gasteiger partial charge in [0, 0.05) is 34.7 Å². The molecule has 160 valence electrons. The second kappa shape index (κ2) is 7.45. The van der Waals surface area contributed by atoms with E-state index in [1.54, 1.807) is 0 Å². The average Bonchev–Trinajstić information content (AvgIpc) is 3.00. The molecular weight excluding hydrogens is 385 g/mol. The molecule has 0 bridgehead atoms. The van der Waals surface area contributed by atoms with Crippen molar-refractivity contribution >= 4 is 10.9 Å². The smallest absolute Gasteiger partial charge is 0.131 e. The van der Waals surface area contributed by atoms with Crippen LogP contribution in [0.3, 0.4) is 0 Å². The van der Waals surface area contributed by atoms with Crippen LogP contribution < -0.4 is 0 Å². The Morgan fingerprint density at radius 1 is 1.13 bits per heavy atom. The number of nitrogens with zero attached hydrogens (tertiary/aromatic N) is 1. The van der Waals surface area contributed by atoms with Crippen molar-refractivity contribution in [3.63, 3.8) is 0 Å². The highest BCUT2D eigenvalue weighted by Crippen LogP contribution is 2.43. The summed E-state index contributed by atoms with van der Waals surface area (Å²) in [5.74, 6) is -1.15. The molecule has 30 heavy (non-hydrogen) atoms. The van der Waals surface area contributed by atoms with Gasteiger partial charge in [-0.05, 0) is 62.4 Å². The summed E-state index contributed by atoms with van der Waals surface area (Å²) in [4.78, 5) is 5.29. The van der Waals surface area contributed by atoms with Crippen molar-refractivity contribution in [2.24, 2.45) is 0 Å². The average molecular weight is 415 g/mol. The normalized spacial score (nSPS) is 20.2. The maximum atomic E-state index is 15.4. The topological polar surface area (TPSA) is 19.0 Å². The van der Waals surface area contributed by atoms with Crippen LogP contribution in [0.1, 0.15) is 69.0 Å². The van der Waals surface area contributed by atoms with Crippen LogP contribution in [-0.2, 0) is 6.42 Å². The van der Waals surface area contributed by atoms with Gasteiger partial charge >= 0.3 is 0 Å². The van der Waals surface area contributed by atoms with Crippen molar-refractivity contribution in [3.8, 4) is 0 Å². The van der Waals surface area contributed by atoms with E-state index in [-0.39, 0.29) is 24.1 Å². The molecule has 4 rings (SSSR count). The highest BCUT2D eigenvalue weighted by atomic mass is 19.1. The van der Waals surface area contributed by atoms with Gasteiger partial charge in [-0.1, -0.05) is 32.0 Å². The van der Waals surface area contributed by atoms with Crippen molar-refractivity contribution < 1.29 is 13.2 Å². The number of rotatable bonds is 4. The van der Waals surface area contributed by atoms with E-state index in [1.807, 2.05) is 49.9 Å². The van der Waals surface area contributed by atoms with Crippen LogP contribution in [0, 0.1) is 11.6 Å². The summed E-state index contributed by atoms with van der Waals surface area (Å²) in [5, 5.41) is 1.06. The second-order valence-electron chi connectivity index (χ2n) is 9.46. The van der Waals surface area contributed by atoms with Gasteiger partial charge in [-0.3, -0.25) is 4.90 Å². The van der Waals surface area contributed by atoms with Gasteiger partial charge in [-0.15, -0.1) is 0 Å². The van der Waals surface area contributed by atoms with Crippen LogP contribution in [0.25, 0.3) is 10.9 Å². The molecule has 0 fully saturated rings. The molecule has 2 aromatic carbocycles. The highest BCUT2D eigenvalue weighted by Gasteiger charge is 2.40.